The van der Waals surface area contributed by atoms with E-state index in [9.17, 15) is 0 Å². The zero-order valence-electron chi connectivity index (χ0n) is 14.3. The van der Waals surface area contributed by atoms with Crippen LogP contribution in [0.4, 0.5) is 5.69 Å². The van der Waals surface area contributed by atoms with Gasteiger partial charge in [-0.15, -0.1) is 0 Å². The molecule has 2 N–H and O–H groups in total. The molecule has 0 saturated heterocycles. The van der Waals surface area contributed by atoms with Crippen molar-refractivity contribution in [3.8, 4) is 16.8 Å². The lowest BCUT2D eigenvalue weighted by atomic mass is 10.0. The summed E-state index contributed by atoms with van der Waals surface area (Å²) in [7, 11) is 0. The number of rotatable bonds is 2. The summed E-state index contributed by atoms with van der Waals surface area (Å²) >= 11 is 0. The number of nitrogen functional groups attached to an aromatic ring is 1. The van der Waals surface area contributed by atoms with Gasteiger partial charge in [0.05, 0.1) is 16.7 Å². The Balaban J connectivity index is 1.88. The number of hydrogen-bond acceptors (Lipinski definition) is 1. The van der Waals surface area contributed by atoms with Crippen LogP contribution in [0.25, 0.3) is 38.6 Å². The Morgan fingerprint density at radius 1 is 0.538 bits per heavy atom. The Hall–Kier alpha value is -3.52. The average Bonchev–Trinajstić information content (AvgIpc) is 3.03. The molecule has 4 aromatic carbocycles. The van der Waals surface area contributed by atoms with Crippen molar-refractivity contribution in [2.24, 2.45) is 0 Å². The second kappa shape index (κ2) is 5.78. The molecule has 0 amide bonds. The number of anilines is 1. The van der Waals surface area contributed by atoms with Crippen LogP contribution in [0.15, 0.2) is 97.1 Å². The summed E-state index contributed by atoms with van der Waals surface area (Å²) in [5.41, 5.74) is 12.6. The van der Waals surface area contributed by atoms with E-state index in [-0.39, 0.29) is 0 Å². The van der Waals surface area contributed by atoms with Crippen LogP contribution in [0, 0.1) is 0 Å². The zero-order chi connectivity index (χ0) is 17.5. The first-order valence-electron chi connectivity index (χ1n) is 8.76. The first-order chi connectivity index (χ1) is 12.8. The number of hydrogen-bond donors (Lipinski definition) is 1. The minimum absolute atomic E-state index is 0.781. The van der Waals surface area contributed by atoms with Gasteiger partial charge in [0.2, 0.25) is 0 Å². The van der Waals surface area contributed by atoms with Crippen LogP contribution < -0.4 is 5.73 Å². The number of benzene rings is 4. The maximum Gasteiger partial charge on any atom is 0.0541 e. The molecule has 2 heteroatoms. The van der Waals surface area contributed by atoms with E-state index in [2.05, 4.69) is 89.5 Å². The third kappa shape index (κ3) is 2.20. The van der Waals surface area contributed by atoms with Crippen LogP contribution in [0.2, 0.25) is 0 Å². The van der Waals surface area contributed by atoms with Gasteiger partial charge in [-0.1, -0.05) is 66.7 Å². The Kier molecular flexibility index (Phi) is 3.29. The molecule has 5 aromatic rings. The van der Waals surface area contributed by atoms with Crippen molar-refractivity contribution in [2.45, 2.75) is 0 Å². The fraction of sp³-hybridized carbons (Fsp3) is 0. The van der Waals surface area contributed by atoms with Crippen molar-refractivity contribution < 1.29 is 0 Å². The van der Waals surface area contributed by atoms with Crippen LogP contribution in [-0.4, -0.2) is 4.57 Å². The van der Waals surface area contributed by atoms with Gasteiger partial charge in [0.1, 0.15) is 0 Å². The van der Waals surface area contributed by atoms with Crippen molar-refractivity contribution >= 4 is 27.5 Å². The van der Waals surface area contributed by atoms with Gasteiger partial charge in [-0.2, -0.15) is 0 Å². The van der Waals surface area contributed by atoms with E-state index in [0.717, 1.165) is 11.3 Å². The quantitative estimate of drug-likeness (QED) is 0.392. The van der Waals surface area contributed by atoms with Gasteiger partial charge in [-0.05, 0) is 35.9 Å². The molecule has 0 radical (unpaired) electrons. The number of nitrogens with two attached hydrogens (primary N) is 1. The summed E-state index contributed by atoms with van der Waals surface area (Å²) in [5.74, 6) is 0. The molecular formula is C24H18N2. The van der Waals surface area contributed by atoms with E-state index in [1.165, 1.54) is 33.1 Å². The maximum absolute atomic E-state index is 5.88. The van der Waals surface area contributed by atoms with Crippen LogP contribution in [-0.2, 0) is 0 Å². The van der Waals surface area contributed by atoms with E-state index in [4.69, 9.17) is 5.73 Å². The van der Waals surface area contributed by atoms with E-state index in [1.54, 1.807) is 0 Å². The standard InChI is InChI=1S/C24H18N2/c25-18-15-13-17(14-16-18)19-7-1-4-10-22(19)26-23-11-5-2-8-20(23)21-9-3-6-12-24(21)26/h1-16H,25H2. The third-order valence-corrected chi connectivity index (χ3v) is 4.95. The molecule has 1 heterocycles. The molecule has 26 heavy (non-hydrogen) atoms. The van der Waals surface area contributed by atoms with Crippen molar-refractivity contribution in [3.05, 3.63) is 97.1 Å². The first-order valence-corrected chi connectivity index (χ1v) is 8.76. The SMILES string of the molecule is Nc1ccc(-c2ccccc2-n2c3ccccc3c3ccccc32)cc1. The third-order valence-electron chi connectivity index (χ3n) is 4.95. The van der Waals surface area contributed by atoms with Crippen LogP contribution >= 0.6 is 0 Å². The van der Waals surface area contributed by atoms with Gasteiger partial charge < -0.3 is 10.3 Å². The van der Waals surface area contributed by atoms with E-state index in [0.29, 0.717) is 0 Å². The molecule has 1 aromatic heterocycles. The fourth-order valence-corrected chi connectivity index (χ4v) is 3.76. The molecule has 0 spiro atoms. The Bertz CT molecular complexity index is 1180. The first kappa shape index (κ1) is 14.8. The smallest absolute Gasteiger partial charge is 0.0541 e. The molecule has 0 atom stereocenters. The highest BCUT2D eigenvalue weighted by Crippen LogP contribution is 2.35. The minimum atomic E-state index is 0.781. The Morgan fingerprint density at radius 3 is 1.73 bits per heavy atom. The molecule has 0 saturated carbocycles. The minimum Gasteiger partial charge on any atom is -0.399 e. The van der Waals surface area contributed by atoms with Crippen molar-refractivity contribution in [1.82, 2.24) is 4.57 Å². The summed E-state index contributed by atoms with van der Waals surface area (Å²) in [4.78, 5) is 0. The van der Waals surface area contributed by atoms with Crippen LogP contribution in [0.3, 0.4) is 0 Å². The molecule has 0 fully saturated rings. The number of aromatic nitrogens is 1. The van der Waals surface area contributed by atoms with E-state index < -0.39 is 0 Å². The molecule has 124 valence electrons. The number of para-hydroxylation sites is 3. The highest BCUT2D eigenvalue weighted by atomic mass is 15.0. The normalized spacial score (nSPS) is 11.2. The van der Waals surface area contributed by atoms with Gasteiger partial charge in [0.15, 0.2) is 0 Å². The lowest BCUT2D eigenvalue weighted by molar-refractivity contribution is 1.18. The molecule has 0 aliphatic carbocycles. The molecule has 0 aliphatic heterocycles. The van der Waals surface area contributed by atoms with Gasteiger partial charge >= 0.3 is 0 Å². The maximum atomic E-state index is 5.88. The molecule has 0 aliphatic rings. The Morgan fingerprint density at radius 2 is 1.08 bits per heavy atom. The summed E-state index contributed by atoms with van der Waals surface area (Å²) in [5, 5.41) is 2.55. The van der Waals surface area contributed by atoms with Crippen molar-refractivity contribution in [1.29, 1.82) is 0 Å². The molecule has 0 bridgehead atoms. The van der Waals surface area contributed by atoms with Gasteiger partial charge in [0.25, 0.3) is 0 Å². The molecule has 0 unspecified atom stereocenters. The van der Waals surface area contributed by atoms with Gasteiger partial charge in [0, 0.05) is 22.0 Å². The topological polar surface area (TPSA) is 30.9 Å². The van der Waals surface area contributed by atoms with Gasteiger partial charge in [-0.25, -0.2) is 0 Å². The second-order valence-electron chi connectivity index (χ2n) is 6.51. The predicted molar refractivity (Wildman–Crippen MR) is 111 cm³/mol. The summed E-state index contributed by atoms with van der Waals surface area (Å²) in [6.45, 7) is 0. The van der Waals surface area contributed by atoms with E-state index >= 15 is 0 Å². The Labute approximate surface area is 152 Å². The monoisotopic (exact) mass is 334 g/mol. The van der Waals surface area contributed by atoms with Crippen LogP contribution in [0.1, 0.15) is 0 Å². The highest BCUT2D eigenvalue weighted by Gasteiger charge is 2.14. The lowest BCUT2D eigenvalue weighted by Gasteiger charge is -2.14. The lowest BCUT2D eigenvalue weighted by Crippen LogP contribution is -1.97. The summed E-state index contributed by atoms with van der Waals surface area (Å²) < 4.78 is 2.36. The molecule has 2 nitrogen and oxygen atoms in total. The summed E-state index contributed by atoms with van der Waals surface area (Å²) in [6.07, 6.45) is 0. The highest BCUT2D eigenvalue weighted by molar-refractivity contribution is 6.09. The van der Waals surface area contributed by atoms with Crippen molar-refractivity contribution in [2.75, 3.05) is 5.73 Å². The fourth-order valence-electron chi connectivity index (χ4n) is 3.76. The number of fused-ring (bicyclic) bond motifs is 3. The largest absolute Gasteiger partial charge is 0.399 e. The average molecular weight is 334 g/mol. The van der Waals surface area contributed by atoms with Crippen LogP contribution in [0.5, 0.6) is 0 Å². The van der Waals surface area contributed by atoms with E-state index in [1.807, 2.05) is 12.1 Å². The number of nitrogens with zero attached hydrogens (tertiary/aromatic N) is 1. The predicted octanol–water partition coefficient (Wildman–Crippen LogP) is 6.03. The zero-order valence-corrected chi connectivity index (χ0v) is 14.3. The second-order valence-corrected chi connectivity index (χ2v) is 6.51. The van der Waals surface area contributed by atoms with Crippen molar-refractivity contribution in [3.63, 3.8) is 0 Å². The molecule has 5 rings (SSSR count). The molecular weight excluding hydrogens is 316 g/mol. The summed E-state index contributed by atoms with van der Waals surface area (Å²) in [6, 6.07) is 33.8. The van der Waals surface area contributed by atoms with Gasteiger partial charge in [-0.3, -0.25) is 0 Å².